The van der Waals surface area contributed by atoms with Gasteiger partial charge in [-0.15, -0.1) is 0 Å². The highest BCUT2D eigenvalue weighted by Crippen LogP contribution is 2.21. The van der Waals surface area contributed by atoms with E-state index in [2.05, 4.69) is 55.7 Å². The van der Waals surface area contributed by atoms with E-state index in [1.165, 1.54) is 11.1 Å². The van der Waals surface area contributed by atoms with Gasteiger partial charge in [0.25, 0.3) is 0 Å². The van der Waals surface area contributed by atoms with E-state index in [0.29, 0.717) is 16.6 Å². The lowest BCUT2D eigenvalue weighted by Crippen LogP contribution is -2.32. The molecule has 2 aromatic carbocycles. The zero-order valence-corrected chi connectivity index (χ0v) is 16.1. The van der Waals surface area contributed by atoms with Crippen LogP contribution in [0.5, 0.6) is 0 Å². The molecule has 0 aliphatic heterocycles. The van der Waals surface area contributed by atoms with E-state index in [0.717, 1.165) is 12.1 Å². The van der Waals surface area contributed by atoms with Gasteiger partial charge in [-0.2, -0.15) is 0 Å². The molecule has 0 fully saturated rings. The molecule has 2 aromatic rings. The summed E-state index contributed by atoms with van der Waals surface area (Å²) >= 11 is 5.44. The van der Waals surface area contributed by atoms with E-state index < -0.39 is 0 Å². The fourth-order valence-electron chi connectivity index (χ4n) is 2.65. The van der Waals surface area contributed by atoms with Crippen molar-refractivity contribution < 1.29 is 4.79 Å². The maximum Gasteiger partial charge on any atom is 0.171 e. The van der Waals surface area contributed by atoms with Crippen molar-refractivity contribution in [2.45, 2.75) is 46.1 Å². The molecule has 0 aliphatic carbocycles. The minimum Gasteiger partial charge on any atom is -0.356 e. The molecule has 0 spiro atoms. The topological polar surface area (TPSA) is 41.1 Å². The number of nitrogens with one attached hydrogen (secondary N) is 2. The van der Waals surface area contributed by atoms with Crippen molar-refractivity contribution >= 4 is 28.8 Å². The molecule has 0 aliphatic rings. The van der Waals surface area contributed by atoms with Gasteiger partial charge in [-0.05, 0) is 66.9 Å². The molecule has 2 rings (SSSR count). The lowest BCUT2D eigenvalue weighted by molar-refractivity contribution is 0.101. The van der Waals surface area contributed by atoms with Crippen LogP contribution in [0.1, 0.15) is 67.6 Å². The minimum absolute atomic E-state index is 0.0585. The first-order valence-corrected chi connectivity index (χ1v) is 9.10. The van der Waals surface area contributed by atoms with Crippen molar-refractivity contribution in [2.75, 3.05) is 5.32 Å². The fraction of sp³-hybridized carbons (Fsp3) is 0.333. The SMILES string of the molecule is CCC(NC(=S)Nc1ccc(C(C)=O)cc1)c1ccc(C(C)C)cc1. The fourth-order valence-corrected chi connectivity index (χ4v) is 2.91. The quantitative estimate of drug-likeness (QED) is 0.534. The number of ketones is 1. The summed E-state index contributed by atoms with van der Waals surface area (Å²) in [4.78, 5) is 11.3. The molecule has 0 amide bonds. The lowest BCUT2D eigenvalue weighted by Gasteiger charge is -2.20. The summed E-state index contributed by atoms with van der Waals surface area (Å²) in [5, 5.41) is 7.13. The number of benzene rings is 2. The van der Waals surface area contributed by atoms with Gasteiger partial charge in [-0.1, -0.05) is 45.0 Å². The first-order valence-electron chi connectivity index (χ1n) is 8.69. The Morgan fingerprint density at radius 2 is 1.56 bits per heavy atom. The molecule has 0 bridgehead atoms. The first-order chi connectivity index (χ1) is 11.9. The van der Waals surface area contributed by atoms with E-state index >= 15 is 0 Å². The smallest absolute Gasteiger partial charge is 0.171 e. The Bertz CT molecular complexity index is 721. The van der Waals surface area contributed by atoms with Crippen LogP contribution >= 0.6 is 12.2 Å². The number of carbonyl (C=O) groups is 1. The van der Waals surface area contributed by atoms with Crippen LogP contribution in [0.15, 0.2) is 48.5 Å². The Balaban J connectivity index is 2.00. The highest BCUT2D eigenvalue weighted by atomic mass is 32.1. The van der Waals surface area contributed by atoms with E-state index in [9.17, 15) is 4.79 Å². The average Bonchev–Trinajstić information content (AvgIpc) is 2.60. The lowest BCUT2D eigenvalue weighted by atomic mass is 9.98. The summed E-state index contributed by atoms with van der Waals surface area (Å²) in [6, 6.07) is 16.2. The summed E-state index contributed by atoms with van der Waals surface area (Å²) in [5.41, 5.74) is 4.13. The molecule has 132 valence electrons. The first kappa shape index (κ1) is 19.1. The molecule has 0 saturated carbocycles. The van der Waals surface area contributed by atoms with Gasteiger partial charge in [0.15, 0.2) is 10.9 Å². The van der Waals surface area contributed by atoms with Crippen molar-refractivity contribution in [1.82, 2.24) is 5.32 Å². The van der Waals surface area contributed by atoms with Crippen molar-refractivity contribution in [3.05, 3.63) is 65.2 Å². The number of hydrogen-bond donors (Lipinski definition) is 2. The molecular formula is C21H26N2OS. The van der Waals surface area contributed by atoms with Gasteiger partial charge in [-0.3, -0.25) is 4.79 Å². The highest BCUT2D eigenvalue weighted by molar-refractivity contribution is 7.80. The van der Waals surface area contributed by atoms with Gasteiger partial charge in [0, 0.05) is 11.3 Å². The van der Waals surface area contributed by atoms with Crippen molar-refractivity contribution in [3.8, 4) is 0 Å². The van der Waals surface area contributed by atoms with Gasteiger partial charge in [0.05, 0.1) is 6.04 Å². The van der Waals surface area contributed by atoms with Crippen molar-refractivity contribution in [1.29, 1.82) is 0 Å². The van der Waals surface area contributed by atoms with E-state index in [-0.39, 0.29) is 11.8 Å². The van der Waals surface area contributed by atoms with Crippen molar-refractivity contribution in [2.24, 2.45) is 0 Å². The third-order valence-electron chi connectivity index (χ3n) is 4.27. The normalized spacial score (nSPS) is 11.9. The Hall–Kier alpha value is -2.20. The van der Waals surface area contributed by atoms with Crippen molar-refractivity contribution in [3.63, 3.8) is 0 Å². The Morgan fingerprint density at radius 1 is 1.00 bits per heavy atom. The second-order valence-corrected chi connectivity index (χ2v) is 6.92. The van der Waals surface area contributed by atoms with Gasteiger partial charge < -0.3 is 10.6 Å². The Morgan fingerprint density at radius 3 is 2.04 bits per heavy atom. The molecule has 1 unspecified atom stereocenters. The molecule has 2 N–H and O–H groups in total. The number of Topliss-reactive ketones (excluding diaryl/α,β-unsaturated/α-hetero) is 1. The molecule has 0 aromatic heterocycles. The van der Waals surface area contributed by atoms with Gasteiger partial charge >= 0.3 is 0 Å². The molecule has 3 nitrogen and oxygen atoms in total. The summed E-state index contributed by atoms with van der Waals surface area (Å²) < 4.78 is 0. The van der Waals surface area contributed by atoms with Crippen LogP contribution in [0.2, 0.25) is 0 Å². The summed E-state index contributed by atoms with van der Waals surface area (Å²) in [7, 11) is 0. The monoisotopic (exact) mass is 354 g/mol. The zero-order valence-electron chi connectivity index (χ0n) is 15.3. The summed E-state index contributed by atoms with van der Waals surface area (Å²) in [6.07, 6.45) is 0.937. The Kier molecular flexibility index (Phi) is 6.71. The van der Waals surface area contributed by atoms with Crippen LogP contribution in [-0.4, -0.2) is 10.9 Å². The van der Waals surface area contributed by atoms with Crippen LogP contribution in [-0.2, 0) is 0 Å². The number of anilines is 1. The summed E-state index contributed by atoms with van der Waals surface area (Å²) in [5.74, 6) is 0.589. The molecular weight excluding hydrogens is 328 g/mol. The molecule has 0 heterocycles. The van der Waals surface area contributed by atoms with E-state index in [1.54, 1.807) is 19.1 Å². The van der Waals surface area contributed by atoms with Gasteiger partial charge in [0.1, 0.15) is 0 Å². The van der Waals surface area contributed by atoms with Gasteiger partial charge in [-0.25, -0.2) is 0 Å². The van der Waals surface area contributed by atoms with Crippen LogP contribution in [0.3, 0.4) is 0 Å². The van der Waals surface area contributed by atoms with E-state index in [4.69, 9.17) is 12.2 Å². The van der Waals surface area contributed by atoms with Crippen LogP contribution in [0, 0.1) is 0 Å². The zero-order chi connectivity index (χ0) is 18.4. The largest absolute Gasteiger partial charge is 0.356 e. The number of carbonyl (C=O) groups excluding carboxylic acids is 1. The predicted octanol–water partition coefficient (Wildman–Crippen LogP) is 5.45. The third kappa shape index (κ3) is 5.40. The van der Waals surface area contributed by atoms with Crippen LogP contribution in [0.25, 0.3) is 0 Å². The van der Waals surface area contributed by atoms with Crippen LogP contribution < -0.4 is 10.6 Å². The maximum absolute atomic E-state index is 11.3. The Labute approximate surface area is 155 Å². The predicted molar refractivity (Wildman–Crippen MR) is 109 cm³/mol. The minimum atomic E-state index is 0.0585. The number of rotatable bonds is 6. The second kappa shape index (κ2) is 8.77. The molecule has 1 atom stereocenters. The molecule has 4 heteroatoms. The van der Waals surface area contributed by atoms with Crippen LogP contribution in [0.4, 0.5) is 5.69 Å². The highest BCUT2D eigenvalue weighted by Gasteiger charge is 2.11. The molecule has 0 saturated heterocycles. The number of thiocarbonyl (C=S) groups is 1. The average molecular weight is 355 g/mol. The number of hydrogen-bond acceptors (Lipinski definition) is 2. The standard InChI is InChI=1S/C21H26N2OS/c1-5-20(18-8-6-16(7-9-18)14(2)3)23-21(25)22-19-12-10-17(11-13-19)15(4)24/h6-14,20H,5H2,1-4H3,(H2,22,23,25). The molecule has 0 radical (unpaired) electrons. The third-order valence-corrected chi connectivity index (χ3v) is 4.49. The molecule has 25 heavy (non-hydrogen) atoms. The van der Waals surface area contributed by atoms with Gasteiger partial charge in [0.2, 0.25) is 0 Å². The second-order valence-electron chi connectivity index (χ2n) is 6.51. The van der Waals surface area contributed by atoms with E-state index in [1.807, 2.05) is 12.1 Å². The summed E-state index contributed by atoms with van der Waals surface area (Å²) in [6.45, 7) is 8.09. The maximum atomic E-state index is 11.3.